The molecule has 1 aromatic carbocycles. The summed E-state index contributed by atoms with van der Waals surface area (Å²) in [6.07, 6.45) is 5.00. The maximum absolute atomic E-state index is 4.27. The van der Waals surface area contributed by atoms with E-state index < -0.39 is 0 Å². The summed E-state index contributed by atoms with van der Waals surface area (Å²) in [4.78, 5) is 0. The van der Waals surface area contributed by atoms with Crippen molar-refractivity contribution in [1.29, 1.82) is 0 Å². The number of hydrogen-bond acceptors (Lipinski definition) is 3. The van der Waals surface area contributed by atoms with Gasteiger partial charge in [0.1, 0.15) is 5.82 Å². The van der Waals surface area contributed by atoms with E-state index in [-0.39, 0.29) is 0 Å². The van der Waals surface area contributed by atoms with Crippen molar-refractivity contribution in [2.45, 2.75) is 18.5 Å². The second-order valence-corrected chi connectivity index (χ2v) is 4.89. The number of rotatable bonds is 1. The van der Waals surface area contributed by atoms with Gasteiger partial charge in [-0.05, 0) is 29.9 Å². The molecule has 0 aliphatic carbocycles. The highest BCUT2D eigenvalue weighted by atomic mass is 32.2. The molecule has 86 valence electrons. The van der Waals surface area contributed by atoms with Crippen molar-refractivity contribution < 1.29 is 0 Å². The molecule has 0 bridgehead atoms. The molecule has 0 unspecified atom stereocenters. The van der Waals surface area contributed by atoms with E-state index in [1.807, 2.05) is 6.26 Å². The second kappa shape index (κ2) is 4.04. The first kappa shape index (κ1) is 10.6. The van der Waals surface area contributed by atoms with E-state index in [1.165, 1.54) is 16.7 Å². The summed E-state index contributed by atoms with van der Waals surface area (Å²) in [5, 5.41) is 9.42. The predicted molar refractivity (Wildman–Crippen MR) is 70.9 cm³/mol. The molecule has 0 amide bonds. The van der Waals surface area contributed by atoms with Crippen molar-refractivity contribution in [3.05, 3.63) is 41.2 Å². The Morgan fingerprint density at radius 2 is 2.06 bits per heavy atom. The van der Waals surface area contributed by atoms with Gasteiger partial charge in [0, 0.05) is 12.6 Å². The van der Waals surface area contributed by atoms with E-state index in [9.17, 15) is 0 Å². The Labute approximate surface area is 105 Å². The van der Waals surface area contributed by atoms with Crippen LogP contribution in [0, 0.1) is 0 Å². The Hall–Kier alpha value is -1.55. The first-order valence-electron chi connectivity index (χ1n) is 5.54. The zero-order valence-corrected chi connectivity index (χ0v) is 10.7. The smallest absolute Gasteiger partial charge is 0.195 e. The summed E-state index contributed by atoms with van der Waals surface area (Å²) in [6.45, 7) is 2.14. The Bertz CT molecular complexity index is 598. The molecule has 2 aromatic rings. The molecular formula is C13H13N3S. The maximum Gasteiger partial charge on any atom is 0.195 e. The number of aromatic nitrogens is 3. The summed E-state index contributed by atoms with van der Waals surface area (Å²) < 4.78 is 2.10. The lowest BCUT2D eigenvalue weighted by Gasteiger charge is -2.04. The quantitative estimate of drug-likeness (QED) is 0.721. The Morgan fingerprint density at radius 3 is 2.88 bits per heavy atom. The van der Waals surface area contributed by atoms with Crippen molar-refractivity contribution in [3.8, 4) is 0 Å². The summed E-state index contributed by atoms with van der Waals surface area (Å²) >= 11 is 1.62. The van der Waals surface area contributed by atoms with Crippen LogP contribution in [0.1, 0.15) is 23.9 Å². The van der Waals surface area contributed by atoms with Crippen molar-refractivity contribution in [2.75, 3.05) is 6.26 Å². The van der Waals surface area contributed by atoms with Crippen LogP contribution in [-0.4, -0.2) is 21.0 Å². The van der Waals surface area contributed by atoms with E-state index in [2.05, 4.69) is 52.2 Å². The van der Waals surface area contributed by atoms with Crippen LogP contribution in [-0.2, 0) is 6.42 Å². The van der Waals surface area contributed by atoms with Crippen LogP contribution >= 0.6 is 11.8 Å². The van der Waals surface area contributed by atoms with Crippen LogP contribution in [0.15, 0.2) is 29.4 Å². The minimum atomic E-state index is 0.845. The molecule has 0 saturated carbocycles. The lowest BCUT2D eigenvalue weighted by molar-refractivity contribution is 0.900. The van der Waals surface area contributed by atoms with E-state index in [4.69, 9.17) is 0 Å². The largest absolute Gasteiger partial charge is 0.280 e. The first-order chi connectivity index (χ1) is 8.29. The third-order valence-electron chi connectivity index (χ3n) is 3.03. The van der Waals surface area contributed by atoms with Crippen LogP contribution in [0.2, 0.25) is 0 Å². The lowest BCUT2D eigenvalue weighted by Crippen LogP contribution is -1.97. The van der Waals surface area contributed by atoms with Crippen LogP contribution < -0.4 is 0 Å². The van der Waals surface area contributed by atoms with Gasteiger partial charge in [0.2, 0.25) is 0 Å². The van der Waals surface area contributed by atoms with Crippen LogP contribution in [0.25, 0.3) is 11.8 Å². The summed E-state index contributed by atoms with van der Waals surface area (Å²) in [7, 11) is 0. The van der Waals surface area contributed by atoms with Gasteiger partial charge in [-0.2, -0.15) is 0 Å². The highest BCUT2D eigenvalue weighted by Crippen LogP contribution is 2.27. The van der Waals surface area contributed by atoms with Gasteiger partial charge in [-0.25, -0.2) is 0 Å². The average Bonchev–Trinajstić information content (AvgIpc) is 2.66. The third-order valence-corrected chi connectivity index (χ3v) is 3.67. The minimum absolute atomic E-state index is 0.845. The summed E-state index contributed by atoms with van der Waals surface area (Å²) in [6, 6.07) is 8.49. The minimum Gasteiger partial charge on any atom is -0.280 e. The molecule has 3 nitrogen and oxygen atoms in total. The summed E-state index contributed by atoms with van der Waals surface area (Å²) in [5.41, 5.74) is 3.89. The molecule has 0 atom stereocenters. The third kappa shape index (κ3) is 1.69. The van der Waals surface area contributed by atoms with Crippen molar-refractivity contribution in [2.24, 2.45) is 0 Å². The fraction of sp³-hybridized carbons (Fsp3) is 0.231. The molecule has 4 heteroatoms. The van der Waals surface area contributed by atoms with Gasteiger partial charge in [0.05, 0.1) is 0 Å². The molecular weight excluding hydrogens is 230 g/mol. The van der Waals surface area contributed by atoms with Gasteiger partial charge < -0.3 is 0 Å². The second-order valence-electron chi connectivity index (χ2n) is 4.12. The molecule has 0 fully saturated rings. The molecule has 0 saturated heterocycles. The van der Waals surface area contributed by atoms with E-state index in [1.54, 1.807) is 11.8 Å². The van der Waals surface area contributed by atoms with Gasteiger partial charge in [-0.15, -0.1) is 10.2 Å². The summed E-state index contributed by atoms with van der Waals surface area (Å²) in [5.74, 6) is 1.01. The number of benzene rings is 1. The Kier molecular flexibility index (Phi) is 2.52. The Balaban J connectivity index is 2.22. The molecule has 1 aliphatic rings. The normalized spacial score (nSPS) is 13.6. The topological polar surface area (TPSA) is 30.7 Å². The van der Waals surface area contributed by atoms with Gasteiger partial charge in [-0.1, -0.05) is 36.0 Å². The fourth-order valence-corrected chi connectivity index (χ4v) is 2.67. The zero-order chi connectivity index (χ0) is 11.8. The fourth-order valence-electron chi connectivity index (χ4n) is 2.19. The SMILES string of the molecule is CSc1nnc2n1C=C(C)c1ccccc1C2. The number of thioether (sulfide) groups is 1. The average molecular weight is 243 g/mol. The van der Waals surface area contributed by atoms with Crippen LogP contribution in [0.5, 0.6) is 0 Å². The van der Waals surface area contributed by atoms with Crippen molar-refractivity contribution in [1.82, 2.24) is 14.8 Å². The van der Waals surface area contributed by atoms with Gasteiger partial charge >= 0.3 is 0 Å². The Morgan fingerprint density at radius 1 is 1.24 bits per heavy atom. The standard InChI is InChI=1S/C13H13N3S/c1-9-8-16-12(14-15-13(16)17-2)7-10-5-3-4-6-11(9)10/h3-6,8H,7H2,1-2H3. The van der Waals surface area contributed by atoms with Gasteiger partial charge in [-0.3, -0.25) is 4.57 Å². The number of hydrogen-bond donors (Lipinski definition) is 0. The predicted octanol–water partition coefficient (Wildman–Crippen LogP) is 2.92. The molecule has 17 heavy (non-hydrogen) atoms. The van der Waals surface area contributed by atoms with Crippen LogP contribution in [0.4, 0.5) is 0 Å². The number of fused-ring (bicyclic) bond motifs is 2. The van der Waals surface area contributed by atoms with Crippen molar-refractivity contribution in [3.63, 3.8) is 0 Å². The number of nitrogens with zero attached hydrogens (tertiary/aromatic N) is 3. The highest BCUT2D eigenvalue weighted by Gasteiger charge is 2.16. The van der Waals surface area contributed by atoms with E-state index in [0.717, 1.165) is 17.4 Å². The molecule has 1 aromatic heterocycles. The highest BCUT2D eigenvalue weighted by molar-refractivity contribution is 7.98. The van der Waals surface area contributed by atoms with Gasteiger partial charge in [0.15, 0.2) is 5.16 Å². The molecule has 0 N–H and O–H groups in total. The van der Waals surface area contributed by atoms with Crippen molar-refractivity contribution >= 4 is 23.5 Å². The maximum atomic E-state index is 4.27. The molecule has 1 aliphatic heterocycles. The van der Waals surface area contributed by atoms with Crippen LogP contribution in [0.3, 0.4) is 0 Å². The monoisotopic (exact) mass is 243 g/mol. The molecule has 0 radical (unpaired) electrons. The first-order valence-corrected chi connectivity index (χ1v) is 6.76. The molecule has 3 rings (SSSR count). The molecule has 2 heterocycles. The van der Waals surface area contributed by atoms with Gasteiger partial charge in [0.25, 0.3) is 0 Å². The molecule has 0 spiro atoms. The van der Waals surface area contributed by atoms with E-state index in [0.29, 0.717) is 0 Å². The lowest BCUT2D eigenvalue weighted by atomic mass is 10.0. The zero-order valence-electron chi connectivity index (χ0n) is 9.84. The number of allylic oxidation sites excluding steroid dienone is 1. The van der Waals surface area contributed by atoms with E-state index >= 15 is 0 Å².